The first kappa shape index (κ1) is 53.2. The summed E-state index contributed by atoms with van der Waals surface area (Å²) in [6.07, 6.45) is 8.03. The Hall–Kier alpha value is -2.12. The molecule has 0 aromatic rings. The molecule has 11 nitrogen and oxygen atoms in total. The maximum Gasteiger partial charge on any atom is 0.331 e. The van der Waals surface area contributed by atoms with Crippen LogP contribution in [0.1, 0.15) is 174 Å². The molecule has 7 fully saturated rings. The maximum absolute atomic E-state index is 12.6. The molecule has 0 bridgehead atoms. The van der Waals surface area contributed by atoms with Crippen molar-refractivity contribution >= 4 is 11.9 Å². The lowest BCUT2D eigenvalue weighted by atomic mass is 9.55. The van der Waals surface area contributed by atoms with Crippen molar-refractivity contribution in [2.24, 2.45) is 58.2 Å². The lowest BCUT2D eigenvalue weighted by molar-refractivity contribution is -0.325. The van der Waals surface area contributed by atoms with Crippen LogP contribution in [0, 0.1) is 58.2 Å². The highest BCUT2D eigenvalue weighted by Crippen LogP contribution is 2.71. The third-order valence-corrected chi connectivity index (χ3v) is 18.7. The molecular weight excluding hydrogens is 837 g/mol. The first-order valence-corrected chi connectivity index (χ1v) is 25.9. The molecule has 7 aliphatic rings. The molecule has 0 aromatic carbocycles. The van der Waals surface area contributed by atoms with Crippen molar-refractivity contribution in [3.05, 3.63) is 35.5 Å². The predicted octanol–water partition coefficient (Wildman–Crippen LogP) is 10.2. The molecule has 376 valence electrons. The Labute approximate surface area is 398 Å². The van der Waals surface area contributed by atoms with Crippen molar-refractivity contribution in [1.29, 1.82) is 0 Å². The summed E-state index contributed by atoms with van der Waals surface area (Å²) < 4.78 is 36.9. The normalized spacial score (nSPS) is 44.7. The fraction of sp³-hybridized carbons (Fsp3) is 0.855. The summed E-state index contributed by atoms with van der Waals surface area (Å²) in [4.78, 5) is 25.1. The molecule has 2 saturated heterocycles. The highest BCUT2D eigenvalue weighted by Gasteiger charge is 2.67. The summed E-state index contributed by atoms with van der Waals surface area (Å²) in [6.45, 7) is 33.8. The number of hydrogen-bond donors (Lipinski definition) is 3. The first-order valence-electron chi connectivity index (χ1n) is 25.9. The second kappa shape index (κ2) is 20.7. The number of carbonyl (C=O) groups is 2. The Kier molecular flexibility index (Phi) is 16.7. The zero-order valence-corrected chi connectivity index (χ0v) is 43.3. The topological polar surface area (TPSA) is 150 Å². The highest BCUT2D eigenvalue weighted by molar-refractivity contribution is 5.83. The molecule has 66 heavy (non-hydrogen) atoms. The van der Waals surface area contributed by atoms with Crippen molar-refractivity contribution < 1.29 is 53.3 Å². The number of fused-ring (bicyclic) bond motifs is 4. The number of aliphatic hydroxyl groups excluding tert-OH is 3. The van der Waals surface area contributed by atoms with Crippen molar-refractivity contribution in [2.75, 3.05) is 0 Å². The third kappa shape index (κ3) is 11.1. The molecule has 5 aliphatic carbocycles. The van der Waals surface area contributed by atoms with Gasteiger partial charge in [0.15, 0.2) is 24.8 Å². The van der Waals surface area contributed by atoms with Gasteiger partial charge in [0, 0.05) is 18.1 Å². The molecule has 2 heterocycles. The average Bonchev–Trinajstić information content (AvgIpc) is 3.63. The van der Waals surface area contributed by atoms with Crippen LogP contribution < -0.4 is 0 Å². The lowest BCUT2D eigenvalue weighted by Gasteiger charge is -2.52. The van der Waals surface area contributed by atoms with Gasteiger partial charge in [0.2, 0.25) is 0 Å². The molecule has 19 unspecified atom stereocenters. The van der Waals surface area contributed by atoms with Crippen LogP contribution in [0.5, 0.6) is 0 Å². The lowest BCUT2D eigenvalue weighted by Crippen LogP contribution is -2.60. The van der Waals surface area contributed by atoms with Crippen LogP contribution in [0.3, 0.4) is 0 Å². The van der Waals surface area contributed by atoms with Crippen LogP contribution in [0.2, 0.25) is 0 Å². The average molecular weight is 927 g/mol. The number of rotatable bonds is 11. The Morgan fingerprint density at radius 2 is 1.36 bits per heavy atom. The molecule has 0 amide bonds. The smallest absolute Gasteiger partial charge is 0.331 e. The summed E-state index contributed by atoms with van der Waals surface area (Å²) in [7, 11) is 0. The number of aliphatic hydroxyl groups is 3. The quantitative estimate of drug-likeness (QED) is 0.103. The van der Waals surface area contributed by atoms with Crippen molar-refractivity contribution in [3.8, 4) is 0 Å². The van der Waals surface area contributed by atoms with E-state index in [0.29, 0.717) is 34.5 Å². The van der Waals surface area contributed by atoms with Gasteiger partial charge in [-0.25, -0.2) is 9.59 Å². The molecule has 11 heteroatoms. The van der Waals surface area contributed by atoms with Gasteiger partial charge in [-0.05, 0) is 171 Å². The van der Waals surface area contributed by atoms with Crippen LogP contribution in [-0.2, 0) is 38.0 Å². The van der Waals surface area contributed by atoms with Crippen LogP contribution >= 0.6 is 0 Å². The minimum Gasteiger partial charge on any atom is -0.451 e. The van der Waals surface area contributed by atoms with E-state index in [4.69, 9.17) is 28.4 Å². The molecule has 0 spiro atoms. The monoisotopic (exact) mass is 927 g/mol. The van der Waals surface area contributed by atoms with Gasteiger partial charge in [-0.1, -0.05) is 78.2 Å². The Balaban J connectivity index is 0.000000218. The second-order valence-electron chi connectivity index (χ2n) is 23.8. The zero-order valence-electron chi connectivity index (χ0n) is 43.3. The van der Waals surface area contributed by atoms with Crippen LogP contribution in [0.25, 0.3) is 0 Å². The fourth-order valence-corrected chi connectivity index (χ4v) is 13.5. The predicted molar refractivity (Wildman–Crippen MR) is 256 cm³/mol. The van der Waals surface area contributed by atoms with E-state index in [1.165, 1.54) is 43.4 Å². The van der Waals surface area contributed by atoms with E-state index in [0.717, 1.165) is 74.3 Å². The van der Waals surface area contributed by atoms with Crippen molar-refractivity contribution in [1.82, 2.24) is 0 Å². The molecule has 7 rings (SSSR count). The van der Waals surface area contributed by atoms with Gasteiger partial charge < -0.3 is 43.7 Å². The highest BCUT2D eigenvalue weighted by atomic mass is 16.7. The Morgan fingerprint density at radius 1 is 0.773 bits per heavy atom. The second-order valence-corrected chi connectivity index (χ2v) is 23.8. The summed E-state index contributed by atoms with van der Waals surface area (Å²) in [5.74, 6) is 3.01. The standard InChI is InChI=1S/C28H46O5.C27H44O6/c1-9-15(2)14-21(29)32-25-24(30)17(4)18(5)31-26(25)33-28(8)13-12-20-23(27(20,6)7)22-16(3)10-11-19(22)28;1-8-16(2)14-21(28)32-24-23(30)22(29)18(4)31-25(24)33-26(5,6)19-11-13-27(7)12-9-10-17(3)20(27)15-19/h14,16-20,22-26,30H,9-13H2,1-8H3;14,18-20,22-25,29-30H,3,8-13,15H2,1-2,4-7H3/b15-14+;16-14+. The molecule has 5 saturated carbocycles. The van der Waals surface area contributed by atoms with Crippen LogP contribution in [-0.4, -0.2) is 93.8 Å². The van der Waals surface area contributed by atoms with E-state index in [1.807, 2.05) is 41.5 Å². The summed E-state index contributed by atoms with van der Waals surface area (Å²) in [5.41, 5.74) is 3.02. The minimum atomic E-state index is -1.29. The summed E-state index contributed by atoms with van der Waals surface area (Å²) in [6, 6.07) is 0. The molecule has 0 aromatic heterocycles. The summed E-state index contributed by atoms with van der Waals surface area (Å²) in [5, 5.41) is 32.2. The van der Waals surface area contributed by atoms with E-state index < -0.39 is 66.7 Å². The maximum atomic E-state index is 12.6. The molecule has 3 N–H and O–H groups in total. The number of allylic oxidation sites excluding steroid dienone is 3. The molecule has 0 radical (unpaired) electrons. The molecular formula is C55H90O11. The number of hydrogen-bond acceptors (Lipinski definition) is 11. The minimum absolute atomic E-state index is 0.145. The Morgan fingerprint density at radius 3 is 1.97 bits per heavy atom. The van der Waals surface area contributed by atoms with E-state index in [2.05, 4.69) is 55.0 Å². The fourth-order valence-electron chi connectivity index (χ4n) is 13.5. The number of esters is 2. The summed E-state index contributed by atoms with van der Waals surface area (Å²) >= 11 is 0. The molecule has 2 aliphatic heterocycles. The van der Waals surface area contributed by atoms with E-state index in [1.54, 1.807) is 6.92 Å². The van der Waals surface area contributed by atoms with Gasteiger partial charge in [-0.3, -0.25) is 0 Å². The SMILES string of the molecule is C=C1CCCC2(C)CCC(C(C)(C)OC3OC(C)C(O)C(O)C3OC(=O)/C=C(\C)CC)CC12.CC/C(C)=C/C(=O)OC1C(OC2(C)CCC3C(C4C(C)CCC42)C3(C)C)OC(C)C(C)C1O. The molecule has 19 atom stereocenters. The number of ether oxygens (including phenoxy) is 6. The van der Waals surface area contributed by atoms with E-state index in [9.17, 15) is 24.9 Å². The first-order chi connectivity index (χ1) is 30.8. The van der Waals surface area contributed by atoms with E-state index >= 15 is 0 Å². The van der Waals surface area contributed by atoms with Gasteiger partial charge in [-0.15, -0.1) is 0 Å². The van der Waals surface area contributed by atoms with Gasteiger partial charge in [0.1, 0.15) is 18.3 Å². The zero-order chi connectivity index (χ0) is 48.8. The van der Waals surface area contributed by atoms with Crippen LogP contribution in [0.4, 0.5) is 0 Å². The van der Waals surface area contributed by atoms with Gasteiger partial charge in [-0.2, -0.15) is 0 Å². The Bertz CT molecular complexity index is 1790. The van der Waals surface area contributed by atoms with Gasteiger partial charge in [0.25, 0.3) is 0 Å². The van der Waals surface area contributed by atoms with Crippen molar-refractivity contribution in [2.45, 2.75) is 240 Å². The van der Waals surface area contributed by atoms with Crippen LogP contribution in [0.15, 0.2) is 35.5 Å². The van der Waals surface area contributed by atoms with E-state index in [-0.39, 0.29) is 23.5 Å². The largest absolute Gasteiger partial charge is 0.451 e. The van der Waals surface area contributed by atoms with Crippen molar-refractivity contribution in [3.63, 3.8) is 0 Å². The van der Waals surface area contributed by atoms with Gasteiger partial charge >= 0.3 is 11.9 Å². The van der Waals surface area contributed by atoms with Gasteiger partial charge in [0.05, 0.1) is 23.4 Å². The third-order valence-electron chi connectivity index (χ3n) is 18.7. The number of carbonyl (C=O) groups excluding carboxylic acids is 2.